The summed E-state index contributed by atoms with van der Waals surface area (Å²) in [6.45, 7) is 8.94. The number of rotatable bonds is 8. The Balaban J connectivity index is 2.81. The van der Waals surface area contributed by atoms with Crippen LogP contribution in [0.5, 0.6) is 0 Å². The van der Waals surface area contributed by atoms with Gasteiger partial charge in [-0.15, -0.1) is 0 Å². The standard InChI is InChI=1S/C14H25N3O3/c1-4-7-8-17(5-2)10-12-11(13(18)20-6-3)9-15-14(19)16-12/h4-10H2,1-3H3,(H2,15,16,19). The van der Waals surface area contributed by atoms with Crippen molar-refractivity contribution in [3.05, 3.63) is 11.3 Å². The molecule has 6 nitrogen and oxygen atoms in total. The molecule has 2 amide bonds. The van der Waals surface area contributed by atoms with E-state index in [0.29, 0.717) is 24.4 Å². The minimum Gasteiger partial charge on any atom is -0.463 e. The van der Waals surface area contributed by atoms with E-state index in [1.54, 1.807) is 6.92 Å². The Labute approximate surface area is 120 Å². The fourth-order valence-electron chi connectivity index (χ4n) is 2.03. The van der Waals surface area contributed by atoms with Crippen molar-refractivity contribution in [1.82, 2.24) is 15.5 Å². The van der Waals surface area contributed by atoms with Gasteiger partial charge in [0.25, 0.3) is 0 Å². The largest absolute Gasteiger partial charge is 0.463 e. The van der Waals surface area contributed by atoms with Crippen LogP contribution in [0, 0.1) is 0 Å². The molecule has 0 radical (unpaired) electrons. The molecule has 1 rings (SSSR count). The number of likely N-dealkylation sites (N-methyl/N-ethyl adjacent to an activating group) is 1. The summed E-state index contributed by atoms with van der Waals surface area (Å²) < 4.78 is 5.04. The number of nitrogens with zero attached hydrogens (tertiary/aromatic N) is 1. The number of nitrogens with one attached hydrogen (secondary N) is 2. The topological polar surface area (TPSA) is 70.7 Å². The third kappa shape index (κ3) is 4.85. The van der Waals surface area contributed by atoms with Crippen molar-refractivity contribution in [3.63, 3.8) is 0 Å². The van der Waals surface area contributed by atoms with E-state index < -0.39 is 0 Å². The Morgan fingerprint density at radius 1 is 1.35 bits per heavy atom. The SMILES string of the molecule is CCCCN(CC)CC1=C(C(=O)OCC)CNC(=O)N1. The van der Waals surface area contributed by atoms with E-state index in [-0.39, 0.29) is 18.5 Å². The van der Waals surface area contributed by atoms with E-state index in [9.17, 15) is 9.59 Å². The summed E-state index contributed by atoms with van der Waals surface area (Å²) in [6.07, 6.45) is 2.22. The summed E-state index contributed by atoms with van der Waals surface area (Å²) in [5, 5.41) is 5.34. The second kappa shape index (κ2) is 8.58. The molecular formula is C14H25N3O3. The van der Waals surface area contributed by atoms with E-state index >= 15 is 0 Å². The average molecular weight is 283 g/mol. The Bertz CT molecular complexity index is 380. The lowest BCUT2D eigenvalue weighted by molar-refractivity contribution is -0.138. The predicted molar refractivity (Wildman–Crippen MR) is 77.2 cm³/mol. The highest BCUT2D eigenvalue weighted by atomic mass is 16.5. The molecule has 1 aliphatic rings. The number of urea groups is 1. The summed E-state index contributed by atoms with van der Waals surface area (Å²) in [7, 11) is 0. The number of hydrogen-bond acceptors (Lipinski definition) is 4. The van der Waals surface area contributed by atoms with Crippen LogP contribution in [0.15, 0.2) is 11.3 Å². The fraction of sp³-hybridized carbons (Fsp3) is 0.714. The molecule has 2 N–H and O–H groups in total. The molecule has 114 valence electrons. The van der Waals surface area contributed by atoms with Crippen LogP contribution >= 0.6 is 0 Å². The van der Waals surface area contributed by atoms with Gasteiger partial charge in [0.2, 0.25) is 0 Å². The lowest BCUT2D eigenvalue weighted by atomic mass is 10.1. The molecule has 1 aliphatic heterocycles. The van der Waals surface area contributed by atoms with Crippen molar-refractivity contribution in [3.8, 4) is 0 Å². The van der Waals surface area contributed by atoms with Crippen LogP contribution in [0.4, 0.5) is 4.79 Å². The molecule has 6 heteroatoms. The molecule has 0 spiro atoms. The fourth-order valence-corrected chi connectivity index (χ4v) is 2.03. The monoisotopic (exact) mass is 283 g/mol. The van der Waals surface area contributed by atoms with Crippen molar-refractivity contribution in [2.45, 2.75) is 33.6 Å². The molecule has 0 atom stereocenters. The minimum absolute atomic E-state index is 0.228. The Kier molecular flexibility index (Phi) is 7.08. The zero-order valence-corrected chi connectivity index (χ0v) is 12.6. The van der Waals surface area contributed by atoms with Crippen LogP contribution in [0.2, 0.25) is 0 Å². The Morgan fingerprint density at radius 2 is 2.10 bits per heavy atom. The first kappa shape index (κ1) is 16.5. The quantitative estimate of drug-likeness (QED) is 0.658. The highest BCUT2D eigenvalue weighted by Crippen LogP contribution is 2.10. The van der Waals surface area contributed by atoms with Gasteiger partial charge < -0.3 is 15.4 Å². The normalized spacial score (nSPS) is 15.1. The molecule has 0 bridgehead atoms. The van der Waals surface area contributed by atoms with Crippen LogP contribution in [-0.4, -0.2) is 49.7 Å². The summed E-state index contributed by atoms with van der Waals surface area (Å²) in [5.74, 6) is -0.360. The molecule has 0 aromatic heterocycles. The number of carbonyl (C=O) groups excluding carboxylic acids is 2. The summed E-state index contributed by atoms with van der Waals surface area (Å²) in [4.78, 5) is 25.6. The van der Waals surface area contributed by atoms with Gasteiger partial charge in [-0.05, 0) is 26.4 Å². The molecule has 1 heterocycles. The van der Waals surface area contributed by atoms with Crippen molar-refractivity contribution < 1.29 is 14.3 Å². The van der Waals surface area contributed by atoms with Gasteiger partial charge in [0.15, 0.2) is 0 Å². The zero-order chi connectivity index (χ0) is 15.0. The van der Waals surface area contributed by atoms with Crippen molar-refractivity contribution in [2.75, 3.05) is 32.8 Å². The molecule has 20 heavy (non-hydrogen) atoms. The van der Waals surface area contributed by atoms with E-state index in [1.807, 2.05) is 0 Å². The van der Waals surface area contributed by atoms with Gasteiger partial charge in [0.1, 0.15) is 0 Å². The van der Waals surface area contributed by atoms with Gasteiger partial charge in [-0.2, -0.15) is 0 Å². The maximum absolute atomic E-state index is 11.9. The van der Waals surface area contributed by atoms with Crippen molar-refractivity contribution >= 4 is 12.0 Å². The molecule has 0 saturated carbocycles. The predicted octanol–water partition coefficient (Wildman–Crippen LogP) is 1.24. The van der Waals surface area contributed by atoms with Crippen LogP contribution in [0.3, 0.4) is 0 Å². The molecule has 0 aromatic rings. The Morgan fingerprint density at radius 3 is 2.70 bits per heavy atom. The summed E-state index contributed by atoms with van der Waals surface area (Å²) in [5.41, 5.74) is 1.17. The number of carbonyl (C=O) groups is 2. The summed E-state index contributed by atoms with van der Waals surface area (Å²) >= 11 is 0. The maximum Gasteiger partial charge on any atom is 0.337 e. The van der Waals surface area contributed by atoms with Crippen LogP contribution in [-0.2, 0) is 9.53 Å². The minimum atomic E-state index is -0.360. The van der Waals surface area contributed by atoms with Gasteiger partial charge in [-0.1, -0.05) is 20.3 Å². The van der Waals surface area contributed by atoms with Gasteiger partial charge >= 0.3 is 12.0 Å². The number of hydrogen-bond donors (Lipinski definition) is 2. The third-order valence-electron chi connectivity index (χ3n) is 3.23. The highest BCUT2D eigenvalue weighted by Gasteiger charge is 2.24. The molecule has 0 aliphatic carbocycles. The second-order valence-electron chi connectivity index (χ2n) is 4.71. The van der Waals surface area contributed by atoms with E-state index in [4.69, 9.17) is 4.74 Å². The van der Waals surface area contributed by atoms with Crippen LogP contribution < -0.4 is 10.6 Å². The lowest BCUT2D eigenvalue weighted by Crippen LogP contribution is -2.47. The molecule has 0 fully saturated rings. The first-order valence-corrected chi connectivity index (χ1v) is 7.28. The van der Waals surface area contributed by atoms with Gasteiger partial charge in [-0.25, -0.2) is 9.59 Å². The first-order chi connectivity index (χ1) is 9.62. The summed E-state index contributed by atoms with van der Waals surface area (Å²) in [6, 6.07) is -0.264. The molecule has 0 unspecified atom stereocenters. The van der Waals surface area contributed by atoms with Crippen LogP contribution in [0.25, 0.3) is 0 Å². The average Bonchev–Trinajstić information content (AvgIpc) is 2.43. The highest BCUT2D eigenvalue weighted by molar-refractivity contribution is 5.93. The third-order valence-corrected chi connectivity index (χ3v) is 3.23. The van der Waals surface area contributed by atoms with Gasteiger partial charge in [-0.3, -0.25) is 4.90 Å². The number of esters is 1. The molecule has 0 saturated heterocycles. The first-order valence-electron chi connectivity index (χ1n) is 7.28. The van der Waals surface area contributed by atoms with Gasteiger partial charge in [0, 0.05) is 12.2 Å². The number of amides is 2. The van der Waals surface area contributed by atoms with E-state index in [2.05, 4.69) is 29.4 Å². The van der Waals surface area contributed by atoms with Crippen LogP contribution in [0.1, 0.15) is 33.6 Å². The Hall–Kier alpha value is -1.56. The van der Waals surface area contributed by atoms with Crippen molar-refractivity contribution in [1.29, 1.82) is 0 Å². The lowest BCUT2D eigenvalue weighted by Gasteiger charge is -2.26. The number of unbranched alkanes of at least 4 members (excludes halogenated alkanes) is 1. The molecular weight excluding hydrogens is 258 g/mol. The smallest absolute Gasteiger partial charge is 0.337 e. The molecule has 0 aromatic carbocycles. The van der Waals surface area contributed by atoms with E-state index in [1.165, 1.54) is 0 Å². The van der Waals surface area contributed by atoms with E-state index in [0.717, 1.165) is 25.9 Å². The number of ether oxygens (including phenoxy) is 1. The van der Waals surface area contributed by atoms with Crippen molar-refractivity contribution in [2.24, 2.45) is 0 Å². The zero-order valence-electron chi connectivity index (χ0n) is 12.6. The van der Waals surface area contributed by atoms with Gasteiger partial charge in [0.05, 0.1) is 18.7 Å². The maximum atomic E-state index is 11.9. The second-order valence-corrected chi connectivity index (χ2v) is 4.71.